The monoisotopic (exact) mass is 472 g/mol. The van der Waals surface area contributed by atoms with Crippen LogP contribution in [0.4, 0.5) is 0 Å². The summed E-state index contributed by atoms with van der Waals surface area (Å²) in [6.45, 7) is 16.3. The zero-order valence-corrected chi connectivity index (χ0v) is 22.8. The van der Waals surface area contributed by atoms with E-state index < -0.39 is 6.10 Å². The lowest BCUT2D eigenvalue weighted by atomic mass is 9.33. The van der Waals surface area contributed by atoms with Gasteiger partial charge in [0.15, 0.2) is 0 Å². The van der Waals surface area contributed by atoms with E-state index >= 15 is 0 Å². The maximum absolute atomic E-state index is 12.7. The first-order chi connectivity index (χ1) is 15.8. The van der Waals surface area contributed by atoms with Crippen molar-refractivity contribution in [1.29, 1.82) is 0 Å². The Labute approximate surface area is 206 Å². The molecule has 5 aliphatic carbocycles. The fourth-order valence-corrected chi connectivity index (χ4v) is 10.8. The van der Waals surface area contributed by atoms with E-state index in [0.29, 0.717) is 36.4 Å². The average Bonchev–Trinajstić information content (AvgIpc) is 2.76. The number of hydrogen-bond donors (Lipinski definition) is 2. The van der Waals surface area contributed by atoms with Crippen LogP contribution in [-0.4, -0.2) is 35.3 Å². The lowest BCUT2D eigenvalue weighted by Gasteiger charge is -2.72. The van der Waals surface area contributed by atoms with Gasteiger partial charge in [-0.2, -0.15) is 0 Å². The largest absolute Gasteiger partial charge is 0.510 e. The zero-order valence-electron chi connectivity index (χ0n) is 22.8. The molecule has 0 unspecified atom stereocenters. The van der Waals surface area contributed by atoms with Gasteiger partial charge in [-0.1, -0.05) is 48.5 Å². The first kappa shape index (κ1) is 24.8. The van der Waals surface area contributed by atoms with Gasteiger partial charge in [0.25, 0.3) is 0 Å². The number of allylic oxidation sites excluding steroid dienone is 1. The Morgan fingerprint density at radius 1 is 1.00 bits per heavy atom. The molecule has 0 bridgehead atoms. The Morgan fingerprint density at radius 2 is 1.68 bits per heavy atom. The van der Waals surface area contributed by atoms with Gasteiger partial charge in [-0.15, -0.1) is 0 Å². The summed E-state index contributed by atoms with van der Waals surface area (Å²) in [4.78, 5) is 12.7. The van der Waals surface area contributed by atoms with E-state index in [9.17, 15) is 15.0 Å². The molecule has 0 radical (unpaired) electrons. The van der Waals surface area contributed by atoms with Crippen LogP contribution in [0.15, 0.2) is 11.3 Å². The van der Waals surface area contributed by atoms with E-state index in [2.05, 4.69) is 41.5 Å². The van der Waals surface area contributed by atoms with E-state index in [1.165, 1.54) is 24.8 Å². The molecule has 0 spiro atoms. The summed E-state index contributed by atoms with van der Waals surface area (Å²) in [5.41, 5.74) is 0.810. The molecule has 4 nitrogen and oxygen atoms in total. The molecule has 0 aromatic carbocycles. The number of carbonyl (C=O) groups is 1. The third-order valence-corrected chi connectivity index (χ3v) is 13.0. The molecule has 0 saturated heterocycles. The maximum atomic E-state index is 12.7. The van der Waals surface area contributed by atoms with E-state index in [0.717, 1.165) is 12.8 Å². The van der Waals surface area contributed by atoms with Gasteiger partial charge < -0.3 is 14.9 Å². The number of hydrogen-bond acceptors (Lipinski definition) is 4. The van der Waals surface area contributed by atoms with Crippen molar-refractivity contribution in [3.05, 3.63) is 11.3 Å². The molecule has 4 saturated carbocycles. The second-order valence-corrected chi connectivity index (χ2v) is 14.2. The fourth-order valence-electron chi connectivity index (χ4n) is 10.8. The van der Waals surface area contributed by atoms with E-state index in [1.54, 1.807) is 7.11 Å². The number of methoxy groups -OCH3 is 1. The highest BCUT2D eigenvalue weighted by Crippen LogP contribution is 2.75. The lowest BCUT2D eigenvalue weighted by Crippen LogP contribution is -2.70. The number of Topliss-reactive ketones (excluding diaryl/α,β-unsaturated/α-hetero) is 1. The molecule has 0 aromatic rings. The quantitative estimate of drug-likeness (QED) is 0.468. The van der Waals surface area contributed by atoms with Gasteiger partial charge in [0, 0.05) is 31.3 Å². The van der Waals surface area contributed by atoms with Gasteiger partial charge in [-0.05, 0) is 83.5 Å². The Kier molecular flexibility index (Phi) is 5.52. The summed E-state index contributed by atoms with van der Waals surface area (Å²) in [7, 11) is 1.75. The maximum Gasteiger partial charge on any atom is 0.136 e. The Hall–Kier alpha value is -0.870. The van der Waals surface area contributed by atoms with Gasteiger partial charge in [0.2, 0.25) is 0 Å². The molecule has 0 amide bonds. The molecule has 0 aliphatic heterocycles. The minimum atomic E-state index is -0.502. The SMILES string of the molecule is CO[C@@H]1C(O)=C2[C@@H]3[C@@H](C)[C@H](C)CC[C@]3(C)CC[C@@]2(C)[C@]2(C)C[C@@H](O)[C@H]3[C@H](C)C(=O)CC[C@]3(C)[C@@H]12. The Morgan fingerprint density at radius 3 is 2.32 bits per heavy atom. The van der Waals surface area contributed by atoms with Crippen LogP contribution in [0, 0.1) is 57.2 Å². The van der Waals surface area contributed by atoms with Crippen LogP contribution in [0.1, 0.15) is 93.4 Å². The first-order valence-electron chi connectivity index (χ1n) is 13.9. The number of ketones is 1. The molecule has 4 fully saturated rings. The summed E-state index contributed by atoms with van der Waals surface area (Å²) in [6.07, 6.45) is 5.83. The first-order valence-corrected chi connectivity index (χ1v) is 13.9. The van der Waals surface area contributed by atoms with E-state index in [1.807, 2.05) is 6.92 Å². The summed E-state index contributed by atoms with van der Waals surface area (Å²) in [6, 6.07) is 0. The topological polar surface area (TPSA) is 66.8 Å². The second kappa shape index (κ2) is 7.57. The van der Waals surface area contributed by atoms with Gasteiger partial charge in [0.1, 0.15) is 17.6 Å². The van der Waals surface area contributed by atoms with Crippen molar-refractivity contribution in [2.24, 2.45) is 57.2 Å². The van der Waals surface area contributed by atoms with Crippen LogP contribution in [0.3, 0.4) is 0 Å². The molecular formula is C30H48O4. The van der Waals surface area contributed by atoms with Gasteiger partial charge in [-0.3, -0.25) is 4.79 Å². The van der Waals surface area contributed by atoms with Gasteiger partial charge in [0.05, 0.1) is 6.10 Å². The standard InChI is InChI=1S/C30H48O4/c1-16-9-11-27(4)13-14-29(6)23(22(27)17(16)2)24(33)25(34-8)26-28(5)12-10-19(31)18(3)21(28)20(32)15-30(26,29)7/h16-18,20-22,25-26,32-33H,9-15H2,1-8H3/t16-,17+,18-,20-,21-,22+,25-,26-,27-,28+,29-,30-/m1/s1. The summed E-state index contributed by atoms with van der Waals surface area (Å²) < 4.78 is 6.24. The summed E-state index contributed by atoms with van der Waals surface area (Å²) >= 11 is 0. The van der Waals surface area contributed by atoms with Crippen molar-refractivity contribution in [1.82, 2.24) is 0 Å². The second-order valence-electron chi connectivity index (χ2n) is 14.2. The summed E-state index contributed by atoms with van der Waals surface area (Å²) in [5.74, 6) is 2.11. The molecule has 5 aliphatic rings. The molecular weight excluding hydrogens is 424 g/mol. The van der Waals surface area contributed by atoms with Crippen molar-refractivity contribution in [2.75, 3.05) is 7.11 Å². The molecule has 4 heteroatoms. The van der Waals surface area contributed by atoms with Gasteiger partial charge in [-0.25, -0.2) is 0 Å². The van der Waals surface area contributed by atoms with Crippen molar-refractivity contribution < 1.29 is 19.7 Å². The number of ether oxygens (including phenoxy) is 1. The van der Waals surface area contributed by atoms with E-state index in [4.69, 9.17) is 4.74 Å². The molecule has 2 N–H and O–H groups in total. The number of fused-ring (bicyclic) bond motifs is 7. The van der Waals surface area contributed by atoms with Gasteiger partial charge >= 0.3 is 0 Å². The fraction of sp³-hybridized carbons (Fsp3) is 0.900. The average molecular weight is 473 g/mol. The molecule has 5 rings (SSSR count). The highest BCUT2D eigenvalue weighted by atomic mass is 16.5. The zero-order chi connectivity index (χ0) is 25.0. The van der Waals surface area contributed by atoms with Crippen LogP contribution < -0.4 is 0 Å². The van der Waals surface area contributed by atoms with E-state index in [-0.39, 0.29) is 51.3 Å². The number of carbonyl (C=O) groups excluding carboxylic acids is 1. The molecule has 12 atom stereocenters. The molecule has 0 heterocycles. The van der Waals surface area contributed by atoms with Crippen LogP contribution in [0.5, 0.6) is 0 Å². The van der Waals surface area contributed by atoms with Crippen LogP contribution in [0.25, 0.3) is 0 Å². The van der Waals surface area contributed by atoms with Crippen LogP contribution in [0.2, 0.25) is 0 Å². The van der Waals surface area contributed by atoms with Crippen molar-refractivity contribution in [3.8, 4) is 0 Å². The Balaban J connectivity index is 1.73. The van der Waals surface area contributed by atoms with Crippen molar-refractivity contribution >= 4 is 5.78 Å². The minimum Gasteiger partial charge on any atom is -0.510 e. The lowest BCUT2D eigenvalue weighted by molar-refractivity contribution is -0.238. The number of aliphatic hydroxyl groups is 2. The van der Waals surface area contributed by atoms with Crippen LogP contribution in [-0.2, 0) is 9.53 Å². The molecule has 192 valence electrons. The molecule has 34 heavy (non-hydrogen) atoms. The van der Waals surface area contributed by atoms with Crippen molar-refractivity contribution in [3.63, 3.8) is 0 Å². The van der Waals surface area contributed by atoms with Crippen molar-refractivity contribution in [2.45, 2.75) is 106 Å². The normalized spacial score (nSPS) is 57.4. The highest BCUT2D eigenvalue weighted by molar-refractivity contribution is 5.82. The number of rotatable bonds is 1. The summed E-state index contributed by atoms with van der Waals surface area (Å²) in [5, 5.41) is 23.9. The molecule has 0 aromatic heterocycles. The predicted octanol–water partition coefficient (Wildman–Crippen LogP) is 6.32. The third kappa shape index (κ3) is 2.82. The Bertz CT molecular complexity index is 909. The third-order valence-electron chi connectivity index (χ3n) is 13.0. The van der Waals surface area contributed by atoms with Crippen LogP contribution >= 0.6 is 0 Å². The minimum absolute atomic E-state index is 0.0726. The highest BCUT2D eigenvalue weighted by Gasteiger charge is 2.72. The number of aliphatic hydroxyl groups excluding tert-OH is 2. The smallest absolute Gasteiger partial charge is 0.136 e. The predicted molar refractivity (Wildman–Crippen MR) is 134 cm³/mol.